The van der Waals surface area contributed by atoms with E-state index in [0.29, 0.717) is 11.8 Å². The molecule has 0 fully saturated rings. The predicted molar refractivity (Wildman–Crippen MR) is 42.8 cm³/mol. The molecule has 0 N–H and O–H groups in total. The molecule has 1 heterocycles. The van der Waals surface area contributed by atoms with Crippen LogP contribution in [0.5, 0.6) is 11.8 Å². The maximum Gasteiger partial charge on any atom is 0.247 e. The predicted octanol–water partition coefficient (Wildman–Crippen LogP) is 1.26. The lowest BCUT2D eigenvalue weighted by Crippen LogP contribution is -1.94. The van der Waals surface area contributed by atoms with Crippen molar-refractivity contribution >= 4 is 15.9 Å². The van der Waals surface area contributed by atoms with E-state index < -0.39 is 0 Å². The number of nitrogens with zero attached hydrogens (tertiary/aromatic N) is 2. The van der Waals surface area contributed by atoms with Crippen LogP contribution in [0.4, 0.5) is 0 Å². The molecule has 0 saturated heterocycles. The lowest BCUT2D eigenvalue weighted by molar-refractivity contribution is 0.365. The lowest BCUT2D eigenvalue weighted by Gasteiger charge is -2.01. The summed E-state index contributed by atoms with van der Waals surface area (Å²) in [6.07, 6.45) is 0. The molecule has 4 nitrogen and oxygen atoms in total. The molecule has 0 aliphatic heterocycles. The zero-order valence-electron chi connectivity index (χ0n) is 6.17. The van der Waals surface area contributed by atoms with Crippen molar-refractivity contribution in [2.75, 3.05) is 14.2 Å². The summed E-state index contributed by atoms with van der Waals surface area (Å²) in [6, 6.07) is 1.69. The standard InChI is InChI=1S/C6H7BrN2O2/c1-10-5-3-4(7)6(11-2)9-8-5/h3H,1-2H3. The molecule has 0 saturated carbocycles. The molecule has 1 aromatic heterocycles. The van der Waals surface area contributed by atoms with E-state index >= 15 is 0 Å². The highest BCUT2D eigenvalue weighted by Crippen LogP contribution is 2.23. The largest absolute Gasteiger partial charge is 0.480 e. The maximum absolute atomic E-state index is 4.87. The third-order valence-electron chi connectivity index (χ3n) is 1.10. The van der Waals surface area contributed by atoms with Crippen LogP contribution >= 0.6 is 15.9 Å². The van der Waals surface area contributed by atoms with Crippen molar-refractivity contribution < 1.29 is 9.47 Å². The number of halogens is 1. The van der Waals surface area contributed by atoms with Gasteiger partial charge in [-0.1, -0.05) is 0 Å². The van der Waals surface area contributed by atoms with Crippen LogP contribution < -0.4 is 9.47 Å². The van der Waals surface area contributed by atoms with Gasteiger partial charge in [0.15, 0.2) is 0 Å². The lowest BCUT2D eigenvalue weighted by atomic mass is 10.5. The van der Waals surface area contributed by atoms with E-state index in [0.717, 1.165) is 4.47 Å². The van der Waals surface area contributed by atoms with E-state index in [1.165, 1.54) is 14.2 Å². The normalized spacial score (nSPS) is 9.36. The molecule has 1 aromatic rings. The Morgan fingerprint density at radius 2 is 2.00 bits per heavy atom. The number of ether oxygens (including phenoxy) is 2. The van der Waals surface area contributed by atoms with Gasteiger partial charge in [-0.05, 0) is 15.9 Å². The zero-order chi connectivity index (χ0) is 8.27. The van der Waals surface area contributed by atoms with Crippen LogP contribution in [-0.2, 0) is 0 Å². The summed E-state index contributed by atoms with van der Waals surface area (Å²) in [5, 5.41) is 7.43. The Kier molecular flexibility index (Phi) is 2.64. The number of methoxy groups -OCH3 is 2. The molecule has 5 heteroatoms. The third kappa shape index (κ3) is 1.80. The SMILES string of the molecule is COc1cc(Br)c(OC)nn1. The average Bonchev–Trinajstić information content (AvgIpc) is 2.04. The second kappa shape index (κ2) is 3.52. The van der Waals surface area contributed by atoms with Crippen LogP contribution in [0.25, 0.3) is 0 Å². The fourth-order valence-corrected chi connectivity index (χ4v) is 1.02. The summed E-state index contributed by atoms with van der Waals surface area (Å²) < 4.78 is 10.4. The van der Waals surface area contributed by atoms with E-state index in [1.807, 2.05) is 0 Å². The van der Waals surface area contributed by atoms with Gasteiger partial charge in [0.2, 0.25) is 11.8 Å². The van der Waals surface area contributed by atoms with Crippen molar-refractivity contribution in [3.05, 3.63) is 10.5 Å². The Morgan fingerprint density at radius 3 is 2.45 bits per heavy atom. The summed E-state index contributed by atoms with van der Waals surface area (Å²) in [7, 11) is 3.06. The summed E-state index contributed by atoms with van der Waals surface area (Å²) >= 11 is 3.24. The highest BCUT2D eigenvalue weighted by molar-refractivity contribution is 9.10. The first-order chi connectivity index (χ1) is 5.27. The smallest absolute Gasteiger partial charge is 0.247 e. The third-order valence-corrected chi connectivity index (χ3v) is 1.66. The van der Waals surface area contributed by atoms with Gasteiger partial charge >= 0.3 is 0 Å². The van der Waals surface area contributed by atoms with Crippen molar-refractivity contribution in [1.29, 1.82) is 0 Å². The fraction of sp³-hybridized carbons (Fsp3) is 0.333. The van der Waals surface area contributed by atoms with Gasteiger partial charge in [-0.3, -0.25) is 0 Å². The minimum atomic E-state index is 0.450. The van der Waals surface area contributed by atoms with Crippen molar-refractivity contribution in [2.45, 2.75) is 0 Å². The minimum Gasteiger partial charge on any atom is -0.480 e. The maximum atomic E-state index is 4.87. The minimum absolute atomic E-state index is 0.450. The first-order valence-electron chi connectivity index (χ1n) is 2.89. The van der Waals surface area contributed by atoms with Gasteiger partial charge in [0.25, 0.3) is 0 Å². The first-order valence-corrected chi connectivity index (χ1v) is 3.68. The molecule has 0 aromatic carbocycles. The van der Waals surface area contributed by atoms with Gasteiger partial charge < -0.3 is 9.47 Å². The van der Waals surface area contributed by atoms with Gasteiger partial charge in [0.05, 0.1) is 18.7 Å². The second-order valence-electron chi connectivity index (χ2n) is 1.74. The fourth-order valence-electron chi connectivity index (χ4n) is 0.580. The number of aromatic nitrogens is 2. The summed E-state index contributed by atoms with van der Waals surface area (Å²) in [5.74, 6) is 0.906. The number of hydrogen-bond donors (Lipinski definition) is 0. The number of rotatable bonds is 2. The van der Waals surface area contributed by atoms with E-state index in [4.69, 9.17) is 9.47 Å². The molecule has 1 rings (SSSR count). The Hall–Kier alpha value is -0.840. The summed E-state index contributed by atoms with van der Waals surface area (Å²) in [6.45, 7) is 0. The van der Waals surface area contributed by atoms with E-state index in [2.05, 4.69) is 26.1 Å². The molecule has 11 heavy (non-hydrogen) atoms. The second-order valence-corrected chi connectivity index (χ2v) is 2.60. The monoisotopic (exact) mass is 218 g/mol. The summed E-state index contributed by atoms with van der Waals surface area (Å²) in [5.41, 5.74) is 0. The highest BCUT2D eigenvalue weighted by Gasteiger charge is 2.03. The molecule has 0 unspecified atom stereocenters. The first kappa shape index (κ1) is 8.26. The van der Waals surface area contributed by atoms with Crippen molar-refractivity contribution in [1.82, 2.24) is 10.2 Å². The molecule has 0 radical (unpaired) electrons. The number of hydrogen-bond acceptors (Lipinski definition) is 4. The zero-order valence-corrected chi connectivity index (χ0v) is 7.75. The van der Waals surface area contributed by atoms with Gasteiger partial charge in [-0.2, -0.15) is 0 Å². The average molecular weight is 219 g/mol. The van der Waals surface area contributed by atoms with Crippen LogP contribution in [0.1, 0.15) is 0 Å². The Bertz CT molecular complexity index is 254. The van der Waals surface area contributed by atoms with Crippen molar-refractivity contribution in [2.24, 2.45) is 0 Å². The van der Waals surface area contributed by atoms with Crippen LogP contribution in [0.3, 0.4) is 0 Å². The molecule has 0 atom stereocenters. The Balaban J connectivity index is 2.99. The highest BCUT2D eigenvalue weighted by atomic mass is 79.9. The summed E-state index contributed by atoms with van der Waals surface area (Å²) in [4.78, 5) is 0. The van der Waals surface area contributed by atoms with Crippen molar-refractivity contribution in [3.8, 4) is 11.8 Å². The van der Waals surface area contributed by atoms with E-state index in [-0.39, 0.29) is 0 Å². The van der Waals surface area contributed by atoms with Crippen molar-refractivity contribution in [3.63, 3.8) is 0 Å². The van der Waals surface area contributed by atoms with Crippen LogP contribution in [0, 0.1) is 0 Å². The molecule has 0 amide bonds. The molecular formula is C6H7BrN2O2. The molecule has 0 aliphatic rings. The van der Waals surface area contributed by atoms with Gasteiger partial charge in [-0.25, -0.2) is 0 Å². The topological polar surface area (TPSA) is 44.2 Å². The molecular weight excluding hydrogens is 212 g/mol. The van der Waals surface area contributed by atoms with Crippen LogP contribution in [0.15, 0.2) is 10.5 Å². The molecule has 0 spiro atoms. The van der Waals surface area contributed by atoms with Crippen LogP contribution in [-0.4, -0.2) is 24.4 Å². The van der Waals surface area contributed by atoms with Crippen LogP contribution in [0.2, 0.25) is 0 Å². The van der Waals surface area contributed by atoms with Gasteiger partial charge in [0, 0.05) is 6.07 Å². The Labute approximate surface area is 72.7 Å². The van der Waals surface area contributed by atoms with Gasteiger partial charge in [-0.15, -0.1) is 10.2 Å². The molecule has 0 bridgehead atoms. The van der Waals surface area contributed by atoms with Gasteiger partial charge in [0.1, 0.15) is 0 Å². The van der Waals surface area contributed by atoms with E-state index in [9.17, 15) is 0 Å². The molecule has 60 valence electrons. The molecule has 0 aliphatic carbocycles. The quantitative estimate of drug-likeness (QED) is 0.750. The Morgan fingerprint density at radius 1 is 1.27 bits per heavy atom. The van der Waals surface area contributed by atoms with E-state index in [1.54, 1.807) is 6.07 Å².